The molecule has 4 heteroatoms. The Balaban J connectivity index is 1.81. The highest BCUT2D eigenvalue weighted by Gasteiger charge is 2.29. The summed E-state index contributed by atoms with van der Waals surface area (Å²) in [6.45, 7) is 4.72. The van der Waals surface area contributed by atoms with E-state index in [1.165, 1.54) is 37.7 Å². The normalized spacial score (nSPS) is 15.5. The Morgan fingerprint density at radius 2 is 1.91 bits per heavy atom. The first-order valence-electron chi connectivity index (χ1n) is 8.41. The summed E-state index contributed by atoms with van der Waals surface area (Å²) < 4.78 is 22.2. The van der Waals surface area contributed by atoms with Crippen LogP contribution in [0.5, 0.6) is 11.5 Å². The minimum atomic E-state index is 0.201. The summed E-state index contributed by atoms with van der Waals surface area (Å²) in [5.74, 6) is 2.03. The van der Waals surface area contributed by atoms with Crippen molar-refractivity contribution >= 4 is 11.7 Å². The zero-order chi connectivity index (χ0) is 15.8. The van der Waals surface area contributed by atoms with Crippen molar-refractivity contribution in [3.8, 4) is 11.5 Å². The molecule has 1 aliphatic heterocycles. The van der Waals surface area contributed by atoms with Crippen LogP contribution in [0.2, 0.25) is 0 Å². The third kappa shape index (κ3) is 4.94. The lowest BCUT2D eigenvalue weighted by Crippen LogP contribution is -2.19. The molecular weight excluding hydrogens is 296 g/mol. The van der Waals surface area contributed by atoms with E-state index in [1.54, 1.807) is 0 Å². The second-order valence-electron chi connectivity index (χ2n) is 6.21. The summed E-state index contributed by atoms with van der Waals surface area (Å²) in [6.07, 6.45) is 8.24. The highest BCUT2D eigenvalue weighted by Crippen LogP contribution is 2.33. The Kier molecular flexibility index (Phi) is 7.10. The van der Waals surface area contributed by atoms with Gasteiger partial charge in [0, 0.05) is 16.5 Å². The molecule has 1 aliphatic rings. The van der Waals surface area contributed by atoms with Crippen LogP contribution in [0.3, 0.4) is 0 Å². The molecule has 3 nitrogen and oxygen atoms in total. The molecule has 0 saturated heterocycles. The average molecular weight is 323 g/mol. The van der Waals surface area contributed by atoms with Crippen molar-refractivity contribution in [1.82, 2.24) is 0 Å². The largest absolute Gasteiger partial charge is 0.462 e. The zero-order valence-corrected chi connectivity index (χ0v) is 14.5. The molecule has 1 aromatic carbocycles. The van der Waals surface area contributed by atoms with Crippen molar-refractivity contribution in [1.29, 1.82) is 0 Å². The molecule has 2 atom stereocenters. The molecule has 1 aromatic rings. The third-order valence-corrected chi connectivity index (χ3v) is 5.29. The van der Waals surface area contributed by atoms with E-state index in [1.807, 2.05) is 12.1 Å². The fraction of sp³-hybridized carbons (Fsp3) is 0.667. The smallest absolute Gasteiger partial charge is 0.454 e. The van der Waals surface area contributed by atoms with E-state index < -0.39 is 0 Å². The van der Waals surface area contributed by atoms with Gasteiger partial charge in [-0.1, -0.05) is 45.6 Å². The molecule has 2 unspecified atom stereocenters. The first-order chi connectivity index (χ1) is 10.7. The van der Waals surface area contributed by atoms with Gasteiger partial charge in [-0.3, -0.25) is 0 Å². The van der Waals surface area contributed by atoms with Gasteiger partial charge >= 0.3 is 11.7 Å². The van der Waals surface area contributed by atoms with E-state index in [0.717, 1.165) is 36.0 Å². The molecule has 0 fully saturated rings. The number of rotatable bonds is 10. The van der Waals surface area contributed by atoms with Crippen molar-refractivity contribution in [2.24, 2.45) is 5.92 Å². The van der Waals surface area contributed by atoms with Gasteiger partial charge in [-0.25, -0.2) is 0 Å². The predicted molar refractivity (Wildman–Crippen MR) is 90.6 cm³/mol. The number of benzene rings is 1. The molecule has 0 amide bonds. The minimum absolute atomic E-state index is 0.201. The topological polar surface area (TPSA) is 35.5 Å². The molecule has 122 valence electrons. The molecule has 2 rings (SSSR count). The molecule has 0 bridgehead atoms. The SMILES string of the molecule is CCCCCCCC([S+]=O)C(C)Cc1ccc2c(c1)OCO2. The van der Waals surface area contributed by atoms with Crippen LogP contribution in [0.15, 0.2) is 18.2 Å². The van der Waals surface area contributed by atoms with Crippen LogP contribution in [0, 0.1) is 5.92 Å². The summed E-state index contributed by atoms with van der Waals surface area (Å²) >= 11 is 0.781. The number of ether oxygens (including phenoxy) is 2. The van der Waals surface area contributed by atoms with E-state index in [0.29, 0.717) is 12.7 Å². The average Bonchev–Trinajstić information content (AvgIpc) is 2.98. The van der Waals surface area contributed by atoms with Crippen LogP contribution in [0.4, 0.5) is 0 Å². The van der Waals surface area contributed by atoms with Gasteiger partial charge in [-0.05, 0) is 30.5 Å². The van der Waals surface area contributed by atoms with Crippen molar-refractivity contribution in [3.05, 3.63) is 23.8 Å². The standard InChI is InChI=1S/C18H27O3S/c1-3-4-5-6-7-8-18(22-19)14(2)11-15-9-10-16-17(12-15)21-13-20-16/h9-10,12,14,18H,3-8,11,13H2,1-2H3/q+1. The fourth-order valence-electron chi connectivity index (χ4n) is 2.95. The zero-order valence-electron chi connectivity index (χ0n) is 13.7. The fourth-order valence-corrected chi connectivity index (χ4v) is 3.50. The highest BCUT2D eigenvalue weighted by molar-refractivity contribution is 7.66. The van der Waals surface area contributed by atoms with E-state index in [9.17, 15) is 4.21 Å². The Morgan fingerprint density at radius 3 is 2.68 bits per heavy atom. The minimum Gasteiger partial charge on any atom is -0.454 e. The van der Waals surface area contributed by atoms with Gasteiger partial charge in [0.25, 0.3) is 0 Å². The maximum Gasteiger partial charge on any atom is 0.462 e. The van der Waals surface area contributed by atoms with Crippen LogP contribution in [0.1, 0.15) is 57.9 Å². The van der Waals surface area contributed by atoms with Gasteiger partial charge in [-0.2, -0.15) is 0 Å². The van der Waals surface area contributed by atoms with Crippen LogP contribution >= 0.6 is 0 Å². The van der Waals surface area contributed by atoms with Gasteiger partial charge < -0.3 is 9.47 Å². The van der Waals surface area contributed by atoms with Gasteiger partial charge in [0.1, 0.15) is 0 Å². The van der Waals surface area contributed by atoms with Crippen molar-refractivity contribution in [3.63, 3.8) is 0 Å². The molecule has 0 spiro atoms. The van der Waals surface area contributed by atoms with Gasteiger partial charge in [-0.15, -0.1) is 0 Å². The summed E-state index contributed by atoms with van der Waals surface area (Å²) in [5.41, 5.74) is 1.22. The first-order valence-corrected chi connectivity index (χ1v) is 9.22. The Labute approximate surface area is 137 Å². The summed E-state index contributed by atoms with van der Waals surface area (Å²) in [6, 6.07) is 6.10. The lowest BCUT2D eigenvalue weighted by Gasteiger charge is -2.11. The highest BCUT2D eigenvalue weighted by atomic mass is 32.1. The van der Waals surface area contributed by atoms with E-state index in [4.69, 9.17) is 9.47 Å². The summed E-state index contributed by atoms with van der Waals surface area (Å²) in [4.78, 5) is 0. The Bertz CT molecular complexity index is 475. The number of unbranched alkanes of at least 4 members (excludes halogenated alkanes) is 4. The van der Waals surface area contributed by atoms with Crippen LogP contribution in [-0.4, -0.2) is 12.0 Å². The van der Waals surface area contributed by atoms with E-state index in [-0.39, 0.29) is 5.25 Å². The Hall–Kier alpha value is -1.16. The molecule has 0 N–H and O–H groups in total. The first kappa shape index (κ1) is 17.2. The molecule has 0 saturated carbocycles. The monoisotopic (exact) mass is 323 g/mol. The number of hydrogen-bond acceptors (Lipinski definition) is 3. The summed E-state index contributed by atoms with van der Waals surface area (Å²) in [7, 11) is 0. The maximum atomic E-state index is 11.4. The predicted octanol–water partition coefficient (Wildman–Crippen LogP) is 4.75. The molecule has 1 heterocycles. The lowest BCUT2D eigenvalue weighted by atomic mass is 9.94. The Morgan fingerprint density at radius 1 is 1.14 bits per heavy atom. The third-order valence-electron chi connectivity index (χ3n) is 4.35. The molecule has 0 aromatic heterocycles. The van der Waals surface area contributed by atoms with Gasteiger partial charge in [0.15, 0.2) is 11.5 Å². The molecule has 0 radical (unpaired) electrons. The van der Waals surface area contributed by atoms with Crippen molar-refractivity contribution in [2.75, 3.05) is 6.79 Å². The van der Waals surface area contributed by atoms with Crippen LogP contribution in [0.25, 0.3) is 0 Å². The van der Waals surface area contributed by atoms with Crippen LogP contribution in [-0.2, 0) is 22.3 Å². The van der Waals surface area contributed by atoms with Gasteiger partial charge in [0.05, 0.1) is 0 Å². The van der Waals surface area contributed by atoms with Crippen molar-refractivity contribution in [2.45, 2.75) is 64.0 Å². The number of hydrogen-bond donors (Lipinski definition) is 0. The number of fused-ring (bicyclic) bond motifs is 1. The molecule has 0 aliphatic carbocycles. The lowest BCUT2D eigenvalue weighted by molar-refractivity contribution is 0.174. The van der Waals surface area contributed by atoms with Crippen molar-refractivity contribution < 1.29 is 13.7 Å². The van der Waals surface area contributed by atoms with E-state index in [2.05, 4.69) is 19.9 Å². The second-order valence-corrected chi connectivity index (χ2v) is 7.00. The van der Waals surface area contributed by atoms with E-state index >= 15 is 0 Å². The molecular formula is C18H27O3S+. The molecule has 22 heavy (non-hydrogen) atoms. The van der Waals surface area contributed by atoms with Gasteiger partial charge in [0.2, 0.25) is 12.0 Å². The second kappa shape index (κ2) is 9.09. The maximum absolute atomic E-state index is 11.4. The van der Waals surface area contributed by atoms with Crippen LogP contribution < -0.4 is 9.47 Å². The summed E-state index contributed by atoms with van der Waals surface area (Å²) in [5, 5.41) is 0.201. The quantitative estimate of drug-likeness (QED) is 0.460.